The summed E-state index contributed by atoms with van der Waals surface area (Å²) in [6.07, 6.45) is 0.638. The normalized spacial score (nSPS) is 20.0. The first-order chi connectivity index (χ1) is 10.1. The Morgan fingerprint density at radius 3 is 2.76 bits per heavy atom. The fourth-order valence-electron chi connectivity index (χ4n) is 2.40. The highest BCUT2D eigenvalue weighted by Gasteiger charge is 2.32. The molecule has 1 aliphatic rings. The molecule has 6 heteroatoms. The summed E-state index contributed by atoms with van der Waals surface area (Å²) in [6.45, 7) is 0.379. The molecule has 1 aliphatic heterocycles. The van der Waals surface area contributed by atoms with Crippen LogP contribution in [0, 0.1) is 0 Å². The van der Waals surface area contributed by atoms with E-state index in [1.165, 1.54) is 0 Å². The van der Waals surface area contributed by atoms with Gasteiger partial charge >= 0.3 is 0 Å². The molecule has 2 rings (SSSR count). The van der Waals surface area contributed by atoms with Crippen LogP contribution in [0.1, 0.15) is 24.8 Å². The molecule has 21 heavy (non-hydrogen) atoms. The maximum absolute atomic E-state index is 12.1. The lowest BCUT2D eigenvalue weighted by Crippen LogP contribution is -2.51. The van der Waals surface area contributed by atoms with Crippen LogP contribution in [-0.4, -0.2) is 40.7 Å². The van der Waals surface area contributed by atoms with Crippen molar-refractivity contribution in [3.63, 3.8) is 0 Å². The van der Waals surface area contributed by atoms with Gasteiger partial charge < -0.3 is 10.8 Å². The highest BCUT2D eigenvalue weighted by molar-refractivity contribution is 5.86. The van der Waals surface area contributed by atoms with E-state index in [4.69, 9.17) is 10.6 Å². The van der Waals surface area contributed by atoms with Gasteiger partial charge in [-0.2, -0.15) is 0 Å². The fraction of sp³-hybridized carbons (Fsp3) is 0.467. The van der Waals surface area contributed by atoms with Crippen LogP contribution in [0.25, 0.3) is 0 Å². The Hall–Kier alpha value is -1.92. The molecule has 1 fully saturated rings. The summed E-state index contributed by atoms with van der Waals surface area (Å²) < 4.78 is 0. The van der Waals surface area contributed by atoms with E-state index in [-0.39, 0.29) is 6.42 Å². The molecular formula is C15H20N2O4. The Balaban J connectivity index is 1.91. The number of carbonyl (C=O) groups excluding carboxylic acids is 2. The van der Waals surface area contributed by atoms with Crippen molar-refractivity contribution in [2.24, 2.45) is 5.73 Å². The summed E-state index contributed by atoms with van der Waals surface area (Å²) in [7, 11) is 0. The third-order valence-electron chi connectivity index (χ3n) is 3.43. The minimum absolute atomic E-state index is 0.0985. The van der Waals surface area contributed by atoms with Gasteiger partial charge in [0.2, 0.25) is 11.8 Å². The van der Waals surface area contributed by atoms with Crippen molar-refractivity contribution < 1.29 is 19.5 Å². The van der Waals surface area contributed by atoms with Gasteiger partial charge in [-0.1, -0.05) is 30.3 Å². The third-order valence-corrected chi connectivity index (χ3v) is 3.43. The van der Waals surface area contributed by atoms with Gasteiger partial charge in [-0.3, -0.25) is 14.4 Å². The fourth-order valence-corrected chi connectivity index (χ4v) is 2.40. The van der Waals surface area contributed by atoms with Crippen molar-refractivity contribution in [1.82, 2.24) is 5.06 Å². The van der Waals surface area contributed by atoms with Crippen LogP contribution < -0.4 is 5.73 Å². The molecule has 0 aromatic heterocycles. The number of rotatable bonds is 5. The molecule has 2 amide bonds. The molecule has 1 saturated heterocycles. The van der Waals surface area contributed by atoms with Crippen LogP contribution in [0.3, 0.4) is 0 Å². The Morgan fingerprint density at radius 1 is 1.38 bits per heavy atom. The van der Waals surface area contributed by atoms with Crippen LogP contribution in [0.2, 0.25) is 0 Å². The number of nitrogens with zero attached hydrogens (tertiary/aromatic N) is 1. The number of carbonyl (C=O) groups is 2. The highest BCUT2D eigenvalue weighted by Crippen LogP contribution is 2.17. The van der Waals surface area contributed by atoms with Gasteiger partial charge in [0.15, 0.2) is 0 Å². The first-order valence-electron chi connectivity index (χ1n) is 7.04. The van der Waals surface area contributed by atoms with E-state index in [1.54, 1.807) is 0 Å². The largest absolute Gasteiger partial charge is 0.392 e. The number of primary amides is 1. The number of aliphatic hydroxyl groups excluding tert-OH is 1. The van der Waals surface area contributed by atoms with Crippen molar-refractivity contribution in [1.29, 1.82) is 0 Å². The summed E-state index contributed by atoms with van der Waals surface area (Å²) in [6, 6.07) is 8.67. The van der Waals surface area contributed by atoms with Crippen molar-refractivity contribution in [3.8, 4) is 0 Å². The van der Waals surface area contributed by atoms with Gasteiger partial charge in [0.1, 0.15) is 6.04 Å². The molecule has 1 heterocycles. The third kappa shape index (κ3) is 4.27. The molecule has 2 atom stereocenters. The second-order valence-corrected chi connectivity index (χ2v) is 5.16. The zero-order valence-corrected chi connectivity index (χ0v) is 11.8. The molecule has 0 radical (unpaired) electrons. The standard InChI is InChI=1S/C15H20N2O4/c16-15(20)13-7-4-8-21-17(13)14(19)10-12(18)9-11-5-2-1-3-6-11/h1-3,5-6,12-13,18H,4,7-10H2,(H2,16,20). The maximum atomic E-state index is 12.1. The lowest BCUT2D eigenvalue weighted by Gasteiger charge is -2.32. The smallest absolute Gasteiger partial charge is 0.249 e. The van der Waals surface area contributed by atoms with Crippen LogP contribution in [0.15, 0.2) is 30.3 Å². The van der Waals surface area contributed by atoms with E-state index in [1.807, 2.05) is 30.3 Å². The molecule has 1 aromatic carbocycles. The first-order valence-corrected chi connectivity index (χ1v) is 7.04. The summed E-state index contributed by atoms with van der Waals surface area (Å²) in [5.74, 6) is -0.998. The number of nitrogens with two attached hydrogens (primary N) is 1. The summed E-state index contributed by atoms with van der Waals surface area (Å²) in [5.41, 5.74) is 6.22. The Bertz CT molecular complexity index is 492. The highest BCUT2D eigenvalue weighted by atomic mass is 16.7. The van der Waals surface area contributed by atoms with Gasteiger partial charge in [-0.05, 0) is 24.8 Å². The predicted molar refractivity (Wildman–Crippen MR) is 75.8 cm³/mol. The predicted octanol–water partition coefficient (Wildman–Crippen LogP) is 0.388. The monoisotopic (exact) mass is 292 g/mol. The van der Waals surface area contributed by atoms with E-state index >= 15 is 0 Å². The lowest BCUT2D eigenvalue weighted by atomic mass is 10.0. The molecule has 2 unspecified atom stereocenters. The Morgan fingerprint density at radius 2 is 2.10 bits per heavy atom. The molecule has 0 saturated carbocycles. The zero-order chi connectivity index (χ0) is 15.2. The van der Waals surface area contributed by atoms with Crippen LogP contribution in [0.4, 0.5) is 0 Å². The molecule has 3 N–H and O–H groups in total. The summed E-state index contributed by atoms with van der Waals surface area (Å²) >= 11 is 0. The number of hydrogen-bond donors (Lipinski definition) is 2. The van der Waals surface area contributed by atoms with Gasteiger partial charge in [-0.15, -0.1) is 0 Å². The van der Waals surface area contributed by atoms with Crippen LogP contribution in [-0.2, 0) is 20.8 Å². The number of benzene rings is 1. The van der Waals surface area contributed by atoms with Crippen molar-refractivity contribution in [3.05, 3.63) is 35.9 Å². The van der Waals surface area contributed by atoms with Gasteiger partial charge in [0, 0.05) is 0 Å². The van der Waals surface area contributed by atoms with Crippen LogP contribution >= 0.6 is 0 Å². The maximum Gasteiger partial charge on any atom is 0.249 e. The molecule has 1 aromatic rings. The number of hydrogen-bond acceptors (Lipinski definition) is 4. The number of hydroxylamine groups is 2. The van der Waals surface area contributed by atoms with Gasteiger partial charge in [-0.25, -0.2) is 5.06 Å². The van der Waals surface area contributed by atoms with Gasteiger partial charge in [0.25, 0.3) is 0 Å². The van der Waals surface area contributed by atoms with E-state index < -0.39 is 24.0 Å². The summed E-state index contributed by atoms with van der Waals surface area (Å²) in [5, 5.41) is 11.0. The van der Waals surface area contributed by atoms with E-state index in [0.29, 0.717) is 25.9 Å². The summed E-state index contributed by atoms with van der Waals surface area (Å²) in [4.78, 5) is 28.7. The minimum Gasteiger partial charge on any atom is -0.392 e. The SMILES string of the molecule is NC(=O)C1CCCON1C(=O)CC(O)Cc1ccccc1. The Kier molecular flexibility index (Phi) is 5.30. The number of aliphatic hydroxyl groups is 1. The van der Waals surface area contributed by atoms with Crippen LogP contribution in [0.5, 0.6) is 0 Å². The molecule has 6 nitrogen and oxygen atoms in total. The average molecular weight is 292 g/mol. The second-order valence-electron chi connectivity index (χ2n) is 5.16. The second kappa shape index (κ2) is 7.19. The van der Waals surface area contributed by atoms with E-state index in [2.05, 4.69) is 0 Å². The van der Waals surface area contributed by atoms with Crippen molar-refractivity contribution in [2.75, 3.05) is 6.61 Å². The van der Waals surface area contributed by atoms with Crippen molar-refractivity contribution >= 4 is 11.8 Å². The van der Waals surface area contributed by atoms with E-state index in [9.17, 15) is 14.7 Å². The quantitative estimate of drug-likeness (QED) is 0.821. The number of amides is 2. The minimum atomic E-state index is -0.820. The molecule has 114 valence electrons. The first kappa shape index (κ1) is 15.5. The molecular weight excluding hydrogens is 272 g/mol. The Labute approximate surface area is 123 Å². The van der Waals surface area contributed by atoms with Crippen molar-refractivity contribution in [2.45, 2.75) is 37.8 Å². The average Bonchev–Trinajstić information content (AvgIpc) is 2.48. The molecule has 0 spiro atoms. The van der Waals surface area contributed by atoms with E-state index in [0.717, 1.165) is 10.6 Å². The zero-order valence-electron chi connectivity index (χ0n) is 11.8. The lowest BCUT2D eigenvalue weighted by molar-refractivity contribution is -0.215. The van der Waals surface area contributed by atoms with Gasteiger partial charge in [0.05, 0.1) is 19.1 Å². The molecule has 0 aliphatic carbocycles. The topological polar surface area (TPSA) is 92.9 Å². The molecule has 0 bridgehead atoms.